The van der Waals surface area contributed by atoms with E-state index in [-0.39, 0.29) is 46.7 Å². The van der Waals surface area contributed by atoms with Gasteiger partial charge in [0.1, 0.15) is 34.3 Å². The number of aliphatic hydroxyl groups excluding tert-OH is 1. The summed E-state index contributed by atoms with van der Waals surface area (Å²) in [5.74, 6) is -0.422. The number of fused-ring (bicyclic) bond motifs is 3. The third kappa shape index (κ3) is 3.84. The van der Waals surface area contributed by atoms with Gasteiger partial charge in [-0.1, -0.05) is 30.3 Å². The van der Waals surface area contributed by atoms with Crippen molar-refractivity contribution in [1.82, 2.24) is 0 Å². The number of aromatic hydroxyl groups is 3. The van der Waals surface area contributed by atoms with Crippen molar-refractivity contribution in [2.24, 2.45) is 0 Å². The Morgan fingerprint density at radius 2 is 1.76 bits per heavy atom. The molecule has 1 aliphatic heterocycles. The third-order valence-electron chi connectivity index (χ3n) is 6.22. The summed E-state index contributed by atoms with van der Waals surface area (Å²) in [7, 11) is 0. The Hall–Kier alpha value is -3.97. The molecule has 0 bridgehead atoms. The molecule has 7 nitrogen and oxygen atoms in total. The number of phenols is 2. The van der Waals surface area contributed by atoms with E-state index in [0.717, 1.165) is 5.56 Å². The molecule has 4 aromatic rings. The van der Waals surface area contributed by atoms with E-state index in [0.29, 0.717) is 42.4 Å². The fourth-order valence-electron chi connectivity index (χ4n) is 4.47. The van der Waals surface area contributed by atoms with Gasteiger partial charge in [0, 0.05) is 36.6 Å². The van der Waals surface area contributed by atoms with Gasteiger partial charge < -0.3 is 29.6 Å². The number of aliphatic hydroxyl groups is 1. The topological polar surface area (TPSA) is 120 Å². The molecule has 0 fully saturated rings. The normalized spacial score (nSPS) is 15.1. The molecule has 0 aliphatic carbocycles. The first kappa shape index (κ1) is 21.9. The molecule has 1 atom stereocenters. The summed E-state index contributed by atoms with van der Waals surface area (Å²) in [6, 6.07) is 15.7. The first-order valence-electron chi connectivity index (χ1n) is 11.1. The molecule has 34 heavy (non-hydrogen) atoms. The molecule has 0 saturated carbocycles. The molecule has 4 N–H and O–H groups in total. The van der Waals surface area contributed by atoms with Gasteiger partial charge in [0.2, 0.25) is 11.2 Å². The van der Waals surface area contributed by atoms with Crippen LogP contribution in [0.1, 0.15) is 29.5 Å². The smallest absolute Gasteiger partial charge is 0.238 e. The highest BCUT2D eigenvalue weighted by Crippen LogP contribution is 2.43. The molecular weight excluding hydrogens is 436 g/mol. The number of phenolic OH excluding ortho intramolecular Hbond substituents is 2. The van der Waals surface area contributed by atoms with Crippen molar-refractivity contribution in [3.05, 3.63) is 81.5 Å². The van der Waals surface area contributed by atoms with Gasteiger partial charge >= 0.3 is 0 Å². The van der Waals surface area contributed by atoms with Crippen LogP contribution < -0.4 is 10.2 Å². The molecule has 1 aliphatic rings. The van der Waals surface area contributed by atoms with Gasteiger partial charge in [-0.3, -0.25) is 4.79 Å². The second-order valence-corrected chi connectivity index (χ2v) is 8.48. The van der Waals surface area contributed by atoms with Crippen molar-refractivity contribution < 1.29 is 29.6 Å². The Bertz CT molecular complexity index is 1420. The molecule has 174 valence electrons. The average Bonchev–Trinajstić information content (AvgIpc) is 2.83. The highest BCUT2D eigenvalue weighted by molar-refractivity contribution is 5.90. The minimum atomic E-state index is -0.671. The lowest BCUT2D eigenvalue weighted by atomic mass is 9.96. The summed E-state index contributed by atoms with van der Waals surface area (Å²) in [6.45, 7) is -0.0626. The van der Waals surface area contributed by atoms with Crippen molar-refractivity contribution in [2.45, 2.75) is 31.8 Å². The maximum atomic E-state index is 13.2. The molecule has 0 radical (unpaired) electrons. The Morgan fingerprint density at radius 1 is 0.971 bits per heavy atom. The molecule has 0 spiro atoms. The average molecular weight is 460 g/mol. The van der Waals surface area contributed by atoms with Crippen LogP contribution in [0.5, 0.6) is 23.0 Å². The first-order chi connectivity index (χ1) is 16.5. The fourth-order valence-corrected chi connectivity index (χ4v) is 4.47. The lowest BCUT2D eigenvalue weighted by Crippen LogP contribution is -2.25. The molecule has 0 unspecified atom stereocenters. The molecular formula is C27H24O7. The van der Waals surface area contributed by atoms with E-state index in [2.05, 4.69) is 0 Å². The van der Waals surface area contributed by atoms with Crippen molar-refractivity contribution >= 4 is 11.0 Å². The largest absolute Gasteiger partial charge is 0.508 e. The van der Waals surface area contributed by atoms with Crippen LogP contribution in [0, 0.1) is 0 Å². The van der Waals surface area contributed by atoms with Crippen LogP contribution in [0.25, 0.3) is 22.3 Å². The van der Waals surface area contributed by atoms with Gasteiger partial charge in [0.15, 0.2) is 5.76 Å². The van der Waals surface area contributed by atoms with Gasteiger partial charge in [-0.05, 0) is 42.2 Å². The zero-order chi connectivity index (χ0) is 23.8. The minimum Gasteiger partial charge on any atom is -0.508 e. The van der Waals surface area contributed by atoms with Crippen LogP contribution in [-0.2, 0) is 12.8 Å². The summed E-state index contributed by atoms with van der Waals surface area (Å²) < 4.78 is 11.9. The van der Waals surface area contributed by atoms with Crippen LogP contribution in [0.3, 0.4) is 0 Å². The lowest BCUT2D eigenvalue weighted by Gasteiger charge is -2.27. The number of ether oxygens (including phenoxy) is 1. The van der Waals surface area contributed by atoms with Crippen LogP contribution in [-0.4, -0.2) is 33.1 Å². The van der Waals surface area contributed by atoms with Crippen LogP contribution in [0.2, 0.25) is 0 Å². The number of hydrogen-bond donors (Lipinski definition) is 4. The van der Waals surface area contributed by atoms with E-state index in [1.165, 1.54) is 12.1 Å². The van der Waals surface area contributed by atoms with Crippen molar-refractivity contribution in [2.75, 3.05) is 6.61 Å². The number of hydrogen-bond acceptors (Lipinski definition) is 7. The molecule has 0 saturated heterocycles. The quantitative estimate of drug-likeness (QED) is 0.351. The molecule has 3 aromatic carbocycles. The van der Waals surface area contributed by atoms with Gasteiger partial charge in [0.05, 0.1) is 0 Å². The maximum absolute atomic E-state index is 13.2. The Balaban J connectivity index is 1.63. The SMILES string of the molecule is O=c1c(O)c(-c2ccc(O)c(Cc3ccccc3)c2)oc2cc(O)c3c(c12)O[C@H](CCO)CC3. The van der Waals surface area contributed by atoms with Crippen LogP contribution in [0.15, 0.2) is 63.8 Å². The van der Waals surface area contributed by atoms with Crippen molar-refractivity contribution in [1.29, 1.82) is 0 Å². The summed E-state index contributed by atoms with van der Waals surface area (Å²) in [5, 5.41) is 41.0. The highest BCUT2D eigenvalue weighted by Gasteiger charge is 2.28. The predicted octanol–water partition coefficient (Wildman–Crippen LogP) is 4.24. The number of rotatable bonds is 5. The summed E-state index contributed by atoms with van der Waals surface area (Å²) in [5.41, 5.74) is 1.90. The standard InChI is InChI=1S/C27H24O7/c28-11-10-18-7-8-19-21(30)14-22-23(27(19)33-18)24(31)25(32)26(34-22)16-6-9-20(29)17(13-16)12-15-4-2-1-3-5-15/h1-6,9,13-14,18,28-30,32H,7-8,10-12H2/t18-/m0/s1. The Kier molecular flexibility index (Phi) is 5.63. The summed E-state index contributed by atoms with van der Waals surface area (Å²) >= 11 is 0. The van der Waals surface area contributed by atoms with Gasteiger partial charge in [-0.2, -0.15) is 0 Å². The summed E-state index contributed by atoms with van der Waals surface area (Å²) in [4.78, 5) is 13.2. The van der Waals surface area contributed by atoms with Gasteiger partial charge in [0.25, 0.3) is 0 Å². The first-order valence-corrected chi connectivity index (χ1v) is 11.1. The number of benzene rings is 3. The highest BCUT2D eigenvalue weighted by atomic mass is 16.5. The second kappa shape index (κ2) is 8.76. The van der Waals surface area contributed by atoms with E-state index >= 15 is 0 Å². The molecule has 7 heteroatoms. The maximum Gasteiger partial charge on any atom is 0.238 e. The molecule has 5 rings (SSSR count). The van der Waals surface area contributed by atoms with Crippen LogP contribution >= 0.6 is 0 Å². The molecule has 0 amide bonds. The van der Waals surface area contributed by atoms with Crippen LogP contribution in [0.4, 0.5) is 0 Å². The van der Waals surface area contributed by atoms with Gasteiger partial charge in [-0.25, -0.2) is 0 Å². The van der Waals surface area contributed by atoms with E-state index < -0.39 is 11.2 Å². The van der Waals surface area contributed by atoms with Crippen molar-refractivity contribution in [3.8, 4) is 34.3 Å². The second-order valence-electron chi connectivity index (χ2n) is 8.48. The van der Waals surface area contributed by atoms with Crippen molar-refractivity contribution in [3.63, 3.8) is 0 Å². The van der Waals surface area contributed by atoms with Gasteiger partial charge in [-0.15, -0.1) is 0 Å². The fraction of sp³-hybridized carbons (Fsp3) is 0.222. The zero-order valence-electron chi connectivity index (χ0n) is 18.3. The zero-order valence-corrected chi connectivity index (χ0v) is 18.3. The third-order valence-corrected chi connectivity index (χ3v) is 6.22. The van der Waals surface area contributed by atoms with E-state index in [1.54, 1.807) is 12.1 Å². The Morgan fingerprint density at radius 3 is 2.53 bits per heavy atom. The molecule has 2 heterocycles. The Labute approximate surface area is 195 Å². The minimum absolute atomic E-state index is 0.0554. The predicted molar refractivity (Wildman–Crippen MR) is 127 cm³/mol. The lowest BCUT2D eigenvalue weighted by molar-refractivity contribution is 0.134. The summed E-state index contributed by atoms with van der Waals surface area (Å²) in [6.07, 6.45) is 1.61. The van der Waals surface area contributed by atoms with E-state index in [1.807, 2.05) is 30.3 Å². The van der Waals surface area contributed by atoms with E-state index in [9.17, 15) is 25.2 Å². The molecule has 1 aromatic heterocycles. The van der Waals surface area contributed by atoms with E-state index in [4.69, 9.17) is 9.15 Å². The monoisotopic (exact) mass is 460 g/mol.